The van der Waals surface area contributed by atoms with Crippen LogP contribution in [0.2, 0.25) is 0 Å². The minimum atomic E-state index is -0.760. The van der Waals surface area contributed by atoms with E-state index in [4.69, 9.17) is 9.47 Å². The third-order valence-electron chi connectivity index (χ3n) is 5.08. The molecule has 1 amide bonds. The molecule has 0 aromatic heterocycles. The van der Waals surface area contributed by atoms with Crippen LogP contribution in [-0.4, -0.2) is 35.6 Å². The lowest BCUT2D eigenvalue weighted by Crippen LogP contribution is -2.44. The zero-order valence-corrected chi connectivity index (χ0v) is 18.0. The van der Waals surface area contributed by atoms with Crippen LogP contribution in [0.4, 0.5) is 4.79 Å². The van der Waals surface area contributed by atoms with Gasteiger partial charge in [-0.25, -0.2) is 4.79 Å². The van der Waals surface area contributed by atoms with Gasteiger partial charge in [-0.2, -0.15) is 0 Å². The molecule has 3 atom stereocenters. The first kappa shape index (κ1) is 20.8. The molecule has 2 aliphatic rings. The number of hydrogen-bond donors (Lipinski definition) is 1. The van der Waals surface area contributed by atoms with Crippen molar-refractivity contribution >= 4 is 33.8 Å². The van der Waals surface area contributed by atoms with Crippen LogP contribution in [0.25, 0.3) is 0 Å². The number of carbonyl (C=O) groups excluding carboxylic acids is 3. The molecular weight excluding hydrogens is 426 g/mol. The summed E-state index contributed by atoms with van der Waals surface area (Å²) in [5, 5.41) is 2.78. The van der Waals surface area contributed by atoms with E-state index in [1.807, 2.05) is 12.1 Å². The van der Waals surface area contributed by atoms with Crippen molar-refractivity contribution in [1.82, 2.24) is 5.32 Å². The van der Waals surface area contributed by atoms with Crippen molar-refractivity contribution in [1.29, 1.82) is 0 Å². The van der Waals surface area contributed by atoms with Gasteiger partial charge in [0, 0.05) is 16.1 Å². The summed E-state index contributed by atoms with van der Waals surface area (Å²) in [5.41, 5.74) is 0.981. The van der Waals surface area contributed by atoms with Gasteiger partial charge in [0.15, 0.2) is 6.10 Å². The summed E-state index contributed by atoms with van der Waals surface area (Å²) in [5.74, 6) is -1.03. The van der Waals surface area contributed by atoms with Crippen LogP contribution >= 0.6 is 15.9 Å². The predicted molar refractivity (Wildman–Crippen MR) is 107 cm³/mol. The Morgan fingerprint density at radius 3 is 2.64 bits per heavy atom. The number of halogens is 1. The van der Waals surface area contributed by atoms with Gasteiger partial charge in [-0.05, 0) is 70.2 Å². The third kappa shape index (κ3) is 4.93. The van der Waals surface area contributed by atoms with Gasteiger partial charge in [0.1, 0.15) is 5.60 Å². The molecule has 0 saturated heterocycles. The number of benzene rings is 1. The Kier molecular flexibility index (Phi) is 6.12. The zero-order chi connectivity index (χ0) is 20.5. The topological polar surface area (TPSA) is 81.7 Å². The van der Waals surface area contributed by atoms with E-state index < -0.39 is 29.7 Å². The Labute approximate surface area is 173 Å². The first-order valence-corrected chi connectivity index (χ1v) is 10.5. The maximum Gasteiger partial charge on any atom is 0.407 e. The molecule has 1 aromatic carbocycles. The second kappa shape index (κ2) is 8.23. The van der Waals surface area contributed by atoms with E-state index in [0.717, 1.165) is 16.5 Å². The number of nitrogens with one attached hydrogen (secondary N) is 1. The minimum Gasteiger partial charge on any atom is -0.454 e. The number of Topliss-reactive ketones (excluding diaryl/α,β-unsaturated/α-hetero) is 1. The fraction of sp³-hybridized carbons (Fsp3) is 0.571. The SMILES string of the molecule is CC(C)(C)OC(=O)NC1CCC[C@@H]1C(=O)O[C@H]1CCc2cc(Br)ccc2C1=O. The average Bonchev–Trinajstić information content (AvgIpc) is 3.03. The van der Waals surface area contributed by atoms with Crippen LogP contribution in [0.3, 0.4) is 0 Å². The maximum absolute atomic E-state index is 12.7. The number of rotatable bonds is 3. The molecular formula is C21H26BrNO5. The Morgan fingerprint density at radius 1 is 1.18 bits per heavy atom. The summed E-state index contributed by atoms with van der Waals surface area (Å²) in [6.07, 6.45) is 2.00. The van der Waals surface area contributed by atoms with Crippen LogP contribution in [-0.2, 0) is 20.7 Å². The molecule has 1 unspecified atom stereocenters. The quantitative estimate of drug-likeness (QED) is 0.696. The van der Waals surface area contributed by atoms with Gasteiger partial charge in [0.2, 0.25) is 5.78 Å². The second-order valence-corrected chi connectivity index (χ2v) is 9.34. The Hall–Kier alpha value is -1.89. The fourth-order valence-corrected chi connectivity index (χ4v) is 4.22. The lowest BCUT2D eigenvalue weighted by molar-refractivity contribution is -0.152. The van der Waals surface area contributed by atoms with Crippen molar-refractivity contribution in [3.8, 4) is 0 Å². The molecule has 7 heteroatoms. The Balaban J connectivity index is 1.61. The number of esters is 1. The molecule has 0 spiro atoms. The fourth-order valence-electron chi connectivity index (χ4n) is 3.81. The number of amides is 1. The first-order valence-electron chi connectivity index (χ1n) is 9.67. The standard InChI is InChI=1S/C21H26BrNO5/c1-21(2,3)28-20(26)23-16-6-4-5-15(16)19(25)27-17-10-7-12-11-13(22)8-9-14(12)18(17)24/h8-9,11,15-17H,4-7,10H2,1-3H3,(H,23,26)/t15-,16?,17-/m0/s1. The highest BCUT2D eigenvalue weighted by Gasteiger charge is 2.39. The predicted octanol–water partition coefficient (Wildman–Crippen LogP) is 4.18. The van der Waals surface area contributed by atoms with Crippen LogP contribution in [0, 0.1) is 5.92 Å². The number of hydrogen-bond acceptors (Lipinski definition) is 5. The molecule has 0 radical (unpaired) electrons. The smallest absolute Gasteiger partial charge is 0.407 e. The number of aryl methyl sites for hydroxylation is 1. The van der Waals surface area contributed by atoms with Gasteiger partial charge in [0.25, 0.3) is 0 Å². The second-order valence-electron chi connectivity index (χ2n) is 8.42. The van der Waals surface area contributed by atoms with Crippen molar-refractivity contribution < 1.29 is 23.9 Å². The molecule has 6 nitrogen and oxygen atoms in total. The molecule has 28 heavy (non-hydrogen) atoms. The summed E-state index contributed by atoms with van der Waals surface area (Å²) >= 11 is 3.41. The lowest BCUT2D eigenvalue weighted by Gasteiger charge is -2.27. The van der Waals surface area contributed by atoms with Crippen LogP contribution in [0.5, 0.6) is 0 Å². The number of fused-ring (bicyclic) bond motifs is 1. The Morgan fingerprint density at radius 2 is 1.93 bits per heavy atom. The summed E-state index contributed by atoms with van der Waals surface area (Å²) < 4.78 is 11.8. The molecule has 0 aliphatic heterocycles. The van der Waals surface area contributed by atoms with E-state index in [9.17, 15) is 14.4 Å². The molecule has 152 valence electrons. The van der Waals surface area contributed by atoms with Crippen molar-refractivity contribution in [2.75, 3.05) is 0 Å². The summed E-state index contributed by atoms with van der Waals surface area (Å²) in [4.78, 5) is 37.5. The molecule has 2 aliphatic carbocycles. The van der Waals surface area contributed by atoms with Gasteiger partial charge in [-0.15, -0.1) is 0 Å². The van der Waals surface area contributed by atoms with Gasteiger partial charge in [-0.3, -0.25) is 9.59 Å². The zero-order valence-electron chi connectivity index (χ0n) is 16.4. The monoisotopic (exact) mass is 451 g/mol. The summed E-state index contributed by atoms with van der Waals surface area (Å²) in [6.45, 7) is 5.37. The van der Waals surface area contributed by atoms with E-state index in [0.29, 0.717) is 31.2 Å². The third-order valence-corrected chi connectivity index (χ3v) is 5.57. The largest absolute Gasteiger partial charge is 0.454 e. The first-order chi connectivity index (χ1) is 13.1. The van der Waals surface area contributed by atoms with E-state index in [1.165, 1.54) is 0 Å². The van der Waals surface area contributed by atoms with Gasteiger partial charge < -0.3 is 14.8 Å². The Bertz CT molecular complexity index is 785. The van der Waals surface area contributed by atoms with Gasteiger partial charge >= 0.3 is 12.1 Å². The number of ether oxygens (including phenoxy) is 2. The van der Waals surface area contributed by atoms with E-state index in [1.54, 1.807) is 26.8 Å². The maximum atomic E-state index is 12.7. The minimum absolute atomic E-state index is 0.156. The van der Waals surface area contributed by atoms with Crippen molar-refractivity contribution in [3.05, 3.63) is 33.8 Å². The number of alkyl carbamates (subject to hydrolysis) is 1. The normalized spacial score (nSPS) is 24.4. The molecule has 1 N–H and O–H groups in total. The number of ketones is 1. The van der Waals surface area contributed by atoms with E-state index in [-0.39, 0.29) is 11.8 Å². The lowest BCUT2D eigenvalue weighted by atomic mass is 9.88. The van der Waals surface area contributed by atoms with Crippen molar-refractivity contribution in [2.45, 2.75) is 70.6 Å². The highest BCUT2D eigenvalue weighted by atomic mass is 79.9. The molecule has 0 bridgehead atoms. The van der Waals surface area contributed by atoms with Crippen molar-refractivity contribution in [3.63, 3.8) is 0 Å². The van der Waals surface area contributed by atoms with Crippen LogP contribution < -0.4 is 5.32 Å². The average molecular weight is 452 g/mol. The van der Waals surface area contributed by atoms with Crippen molar-refractivity contribution in [2.24, 2.45) is 5.92 Å². The van der Waals surface area contributed by atoms with E-state index in [2.05, 4.69) is 21.2 Å². The molecule has 3 rings (SSSR count). The van der Waals surface area contributed by atoms with Crippen LogP contribution in [0.15, 0.2) is 22.7 Å². The molecule has 0 heterocycles. The van der Waals surface area contributed by atoms with Gasteiger partial charge in [-0.1, -0.05) is 22.4 Å². The molecule has 1 aromatic rings. The van der Waals surface area contributed by atoms with Crippen LogP contribution in [0.1, 0.15) is 62.4 Å². The number of carbonyl (C=O) groups is 3. The molecule has 1 saturated carbocycles. The highest BCUT2D eigenvalue weighted by Crippen LogP contribution is 2.30. The highest BCUT2D eigenvalue weighted by molar-refractivity contribution is 9.10. The summed E-state index contributed by atoms with van der Waals surface area (Å²) in [7, 11) is 0. The summed E-state index contributed by atoms with van der Waals surface area (Å²) in [6, 6.07) is 5.19. The van der Waals surface area contributed by atoms with Gasteiger partial charge in [0.05, 0.1) is 5.92 Å². The molecule has 1 fully saturated rings. The van der Waals surface area contributed by atoms with E-state index >= 15 is 0 Å².